The Morgan fingerprint density at radius 1 is 0.971 bits per heavy atom. The third-order valence-corrected chi connectivity index (χ3v) is 6.77. The maximum Gasteiger partial charge on any atom is 0.416 e. The van der Waals surface area contributed by atoms with Crippen LogP contribution in [0.3, 0.4) is 0 Å². The van der Waals surface area contributed by atoms with Crippen molar-refractivity contribution in [3.05, 3.63) is 70.8 Å². The number of nitrogens with one attached hydrogen (secondary N) is 1. The molecule has 1 saturated carbocycles. The van der Waals surface area contributed by atoms with E-state index in [0.717, 1.165) is 24.9 Å². The molecule has 0 spiro atoms. The van der Waals surface area contributed by atoms with E-state index in [0.29, 0.717) is 30.9 Å². The van der Waals surface area contributed by atoms with E-state index in [1.807, 2.05) is 44.4 Å². The number of benzene rings is 2. The van der Waals surface area contributed by atoms with Gasteiger partial charge >= 0.3 is 12.4 Å². The fraction of sp³-hybridized carbons (Fsp3) is 0.500. The number of nitrogens with zero attached hydrogens (tertiary/aromatic N) is 1. The van der Waals surface area contributed by atoms with E-state index in [1.54, 1.807) is 0 Å². The molecule has 1 unspecified atom stereocenters. The van der Waals surface area contributed by atoms with Gasteiger partial charge in [0.2, 0.25) is 5.91 Å². The molecule has 3 rings (SSSR count). The van der Waals surface area contributed by atoms with Crippen molar-refractivity contribution in [1.82, 2.24) is 10.2 Å². The molecule has 1 fully saturated rings. The van der Waals surface area contributed by atoms with Gasteiger partial charge in [0, 0.05) is 6.54 Å². The zero-order valence-corrected chi connectivity index (χ0v) is 19.9. The van der Waals surface area contributed by atoms with Gasteiger partial charge in [-0.2, -0.15) is 26.3 Å². The number of carbonyl (C=O) groups is 1. The lowest BCUT2D eigenvalue weighted by molar-refractivity contribution is -0.143. The number of carbonyl (C=O) groups excluding carboxylic acids is 1. The standard InChI is InChI=1S/C26H30F6N2O/c1-17(19-13-21(25(27,28)29)15-22(14-19)26(30,31)32)23(35)33-24(20-7-5-4-6-8-20)11-9-18(10-12-24)16-34(2)3/h4-8,13-15,17-18H,9-12,16H2,1-3H3,(H,33,35). The van der Waals surface area contributed by atoms with Gasteiger partial charge in [-0.05, 0) is 81.9 Å². The maximum atomic E-state index is 13.3. The minimum absolute atomic E-state index is 0.0750. The minimum atomic E-state index is -4.97. The molecule has 0 bridgehead atoms. The van der Waals surface area contributed by atoms with Crippen LogP contribution in [0.15, 0.2) is 48.5 Å². The fourth-order valence-electron chi connectivity index (χ4n) is 4.84. The first-order valence-corrected chi connectivity index (χ1v) is 11.5. The van der Waals surface area contributed by atoms with Crippen molar-refractivity contribution in [2.45, 2.75) is 56.4 Å². The second-order valence-corrected chi connectivity index (χ2v) is 9.70. The monoisotopic (exact) mass is 500 g/mol. The molecule has 0 radical (unpaired) electrons. The first-order valence-electron chi connectivity index (χ1n) is 11.5. The largest absolute Gasteiger partial charge is 0.416 e. The Bertz CT molecular complexity index is 976. The van der Waals surface area contributed by atoms with Gasteiger partial charge in [0.15, 0.2) is 0 Å². The Balaban J connectivity index is 1.91. The summed E-state index contributed by atoms with van der Waals surface area (Å²) >= 11 is 0. The summed E-state index contributed by atoms with van der Waals surface area (Å²) < 4.78 is 79.9. The highest BCUT2D eigenvalue weighted by Crippen LogP contribution is 2.41. The molecule has 0 saturated heterocycles. The molecule has 0 aliphatic heterocycles. The molecule has 35 heavy (non-hydrogen) atoms. The third kappa shape index (κ3) is 6.57. The lowest BCUT2D eigenvalue weighted by atomic mass is 9.72. The number of halogens is 6. The first-order chi connectivity index (χ1) is 16.2. The van der Waals surface area contributed by atoms with Gasteiger partial charge in [-0.3, -0.25) is 4.79 Å². The summed E-state index contributed by atoms with van der Waals surface area (Å²) in [6, 6.07) is 10.7. The van der Waals surface area contributed by atoms with Crippen molar-refractivity contribution in [3.8, 4) is 0 Å². The second-order valence-electron chi connectivity index (χ2n) is 9.70. The Morgan fingerprint density at radius 2 is 1.49 bits per heavy atom. The maximum absolute atomic E-state index is 13.3. The number of hydrogen-bond donors (Lipinski definition) is 1. The summed E-state index contributed by atoms with van der Waals surface area (Å²) in [5.41, 5.74) is -3.03. The average Bonchev–Trinajstić information content (AvgIpc) is 2.78. The normalized spacial score (nSPS) is 22.2. The highest BCUT2D eigenvalue weighted by Gasteiger charge is 2.41. The van der Waals surface area contributed by atoms with Gasteiger partial charge in [-0.25, -0.2) is 0 Å². The molecule has 1 atom stereocenters. The molecule has 1 aliphatic rings. The quantitative estimate of drug-likeness (QED) is 0.454. The van der Waals surface area contributed by atoms with Crippen LogP contribution in [0, 0.1) is 5.92 Å². The van der Waals surface area contributed by atoms with Crippen LogP contribution in [0.2, 0.25) is 0 Å². The third-order valence-electron chi connectivity index (χ3n) is 6.77. The highest BCUT2D eigenvalue weighted by atomic mass is 19.4. The minimum Gasteiger partial charge on any atom is -0.346 e. The van der Waals surface area contributed by atoms with Crippen molar-refractivity contribution in [3.63, 3.8) is 0 Å². The molecule has 2 aromatic rings. The predicted molar refractivity (Wildman–Crippen MR) is 122 cm³/mol. The summed E-state index contributed by atoms with van der Waals surface area (Å²) in [4.78, 5) is 15.4. The van der Waals surface area contributed by atoms with Crippen molar-refractivity contribution in [1.29, 1.82) is 0 Å². The Morgan fingerprint density at radius 3 is 1.94 bits per heavy atom. The topological polar surface area (TPSA) is 32.3 Å². The van der Waals surface area contributed by atoms with E-state index >= 15 is 0 Å². The number of hydrogen-bond acceptors (Lipinski definition) is 2. The number of rotatable bonds is 6. The van der Waals surface area contributed by atoms with Gasteiger partial charge in [-0.1, -0.05) is 30.3 Å². The summed E-state index contributed by atoms with van der Waals surface area (Å²) in [6.45, 7) is 2.24. The summed E-state index contributed by atoms with van der Waals surface area (Å²) in [7, 11) is 3.99. The van der Waals surface area contributed by atoms with Gasteiger partial charge in [0.25, 0.3) is 0 Å². The van der Waals surface area contributed by atoms with E-state index in [2.05, 4.69) is 10.2 Å². The van der Waals surface area contributed by atoms with Crippen molar-refractivity contribution in [2.75, 3.05) is 20.6 Å². The lowest BCUT2D eigenvalue weighted by Gasteiger charge is -2.42. The smallest absolute Gasteiger partial charge is 0.346 e. The molecule has 0 heterocycles. The first kappa shape index (κ1) is 27.0. The summed E-state index contributed by atoms with van der Waals surface area (Å²) in [5, 5.41) is 3.02. The zero-order valence-electron chi connectivity index (χ0n) is 19.9. The van der Waals surface area contributed by atoms with Crippen LogP contribution < -0.4 is 5.32 Å². The van der Waals surface area contributed by atoms with Crippen molar-refractivity contribution in [2.24, 2.45) is 5.92 Å². The number of amides is 1. The SMILES string of the molecule is CC(C(=O)NC1(c2ccccc2)CCC(CN(C)C)CC1)c1cc(C(F)(F)F)cc(C(F)(F)F)c1. The Hall–Kier alpha value is -2.55. The molecule has 0 aromatic heterocycles. The number of alkyl halides is 6. The second kappa shape index (κ2) is 10.2. The van der Waals surface area contributed by atoms with Crippen molar-refractivity contribution >= 4 is 5.91 Å². The highest BCUT2D eigenvalue weighted by molar-refractivity contribution is 5.84. The Kier molecular flexibility index (Phi) is 7.89. The average molecular weight is 501 g/mol. The van der Waals surface area contributed by atoms with E-state index in [9.17, 15) is 31.1 Å². The summed E-state index contributed by atoms with van der Waals surface area (Å²) in [6.07, 6.45) is -7.01. The van der Waals surface area contributed by atoms with Crippen LogP contribution in [0.25, 0.3) is 0 Å². The molecule has 192 valence electrons. The van der Waals surface area contributed by atoms with Crippen molar-refractivity contribution < 1.29 is 31.1 Å². The van der Waals surface area contributed by atoms with Gasteiger partial charge in [-0.15, -0.1) is 0 Å². The fourth-order valence-corrected chi connectivity index (χ4v) is 4.84. The molecule has 3 nitrogen and oxygen atoms in total. The van der Waals surface area contributed by atoms with Crippen LogP contribution >= 0.6 is 0 Å². The van der Waals surface area contributed by atoms with Gasteiger partial charge in [0.1, 0.15) is 0 Å². The van der Waals surface area contributed by atoms with E-state index < -0.39 is 40.8 Å². The lowest BCUT2D eigenvalue weighted by Crippen LogP contribution is -2.50. The molecular weight excluding hydrogens is 470 g/mol. The zero-order chi connectivity index (χ0) is 26.0. The van der Waals surface area contributed by atoms with Crippen LogP contribution in [0.4, 0.5) is 26.3 Å². The summed E-state index contributed by atoms with van der Waals surface area (Å²) in [5.74, 6) is -1.38. The predicted octanol–water partition coefficient (Wildman–Crippen LogP) is 6.59. The van der Waals surface area contributed by atoms with E-state index in [-0.39, 0.29) is 11.6 Å². The van der Waals surface area contributed by atoms with Gasteiger partial charge < -0.3 is 10.2 Å². The van der Waals surface area contributed by atoms with Crippen LogP contribution in [-0.4, -0.2) is 31.4 Å². The van der Waals surface area contributed by atoms with E-state index in [4.69, 9.17) is 0 Å². The molecule has 9 heteroatoms. The molecular formula is C26H30F6N2O. The molecule has 2 aromatic carbocycles. The molecule has 1 amide bonds. The molecule has 1 aliphatic carbocycles. The molecule has 1 N–H and O–H groups in total. The Labute approximate surface area is 201 Å². The van der Waals surface area contributed by atoms with Crippen LogP contribution in [-0.2, 0) is 22.7 Å². The van der Waals surface area contributed by atoms with Crippen LogP contribution in [0.5, 0.6) is 0 Å². The van der Waals surface area contributed by atoms with Crippen LogP contribution in [0.1, 0.15) is 60.8 Å². The van der Waals surface area contributed by atoms with E-state index in [1.165, 1.54) is 6.92 Å². The van der Waals surface area contributed by atoms with Gasteiger partial charge in [0.05, 0.1) is 22.6 Å².